The number of aromatic nitrogens is 1. The summed E-state index contributed by atoms with van der Waals surface area (Å²) < 4.78 is 4.84. The highest BCUT2D eigenvalue weighted by atomic mass is 16.6. The third-order valence-electron chi connectivity index (χ3n) is 1.89. The number of hydrogen-bond acceptors (Lipinski definition) is 5. The zero-order valence-electron chi connectivity index (χ0n) is 7.58. The Morgan fingerprint density at radius 1 is 1.40 bits per heavy atom. The Kier molecular flexibility index (Phi) is 2.09. The van der Waals surface area contributed by atoms with Crippen molar-refractivity contribution in [2.24, 2.45) is 0 Å². The molecule has 0 atom stereocenters. The van der Waals surface area contributed by atoms with Crippen LogP contribution in [0.3, 0.4) is 0 Å². The van der Waals surface area contributed by atoms with E-state index < -0.39 is 4.92 Å². The van der Waals surface area contributed by atoms with Gasteiger partial charge < -0.3 is 10.2 Å². The van der Waals surface area contributed by atoms with E-state index in [1.165, 1.54) is 24.7 Å². The topological polar surface area (TPSA) is 95.2 Å². The molecule has 0 saturated carbocycles. The fraction of sp³-hybridized carbons (Fsp3) is 0. The van der Waals surface area contributed by atoms with Crippen LogP contribution in [0.5, 0.6) is 0 Å². The molecule has 0 aliphatic rings. The third-order valence-corrected chi connectivity index (χ3v) is 1.89. The number of anilines is 1. The zero-order chi connectivity index (χ0) is 10.8. The fourth-order valence-corrected chi connectivity index (χ4v) is 1.23. The fourth-order valence-electron chi connectivity index (χ4n) is 1.23. The number of pyridine rings is 1. The van der Waals surface area contributed by atoms with Gasteiger partial charge in [-0.15, -0.1) is 0 Å². The Hall–Kier alpha value is -2.37. The minimum Gasteiger partial charge on any atom is -0.472 e. The highest BCUT2D eigenvalue weighted by Gasteiger charge is 2.17. The van der Waals surface area contributed by atoms with Gasteiger partial charge in [-0.25, -0.2) is 4.98 Å². The maximum atomic E-state index is 10.7. The number of nitrogen functional groups attached to an aromatic ring is 1. The number of furan rings is 1. The highest BCUT2D eigenvalue weighted by molar-refractivity contribution is 5.70. The van der Waals surface area contributed by atoms with E-state index >= 15 is 0 Å². The van der Waals surface area contributed by atoms with E-state index in [0.29, 0.717) is 5.56 Å². The van der Waals surface area contributed by atoms with Gasteiger partial charge in [0.2, 0.25) is 0 Å². The molecule has 0 aliphatic carbocycles. The number of hydrogen-bond donors (Lipinski definition) is 1. The van der Waals surface area contributed by atoms with Crippen molar-refractivity contribution in [1.82, 2.24) is 4.98 Å². The van der Waals surface area contributed by atoms with Gasteiger partial charge in [0.1, 0.15) is 5.82 Å². The van der Waals surface area contributed by atoms with E-state index in [9.17, 15) is 10.1 Å². The number of nitrogens with two attached hydrogens (primary N) is 1. The lowest BCUT2D eigenvalue weighted by Crippen LogP contribution is -1.97. The molecule has 6 nitrogen and oxygen atoms in total. The second-order valence-electron chi connectivity index (χ2n) is 2.87. The Balaban J connectivity index is 2.63. The molecule has 15 heavy (non-hydrogen) atoms. The van der Waals surface area contributed by atoms with Crippen LogP contribution >= 0.6 is 0 Å². The number of rotatable bonds is 2. The van der Waals surface area contributed by atoms with Gasteiger partial charge in [-0.05, 0) is 12.1 Å². The summed E-state index contributed by atoms with van der Waals surface area (Å²) >= 11 is 0. The minimum atomic E-state index is -0.505. The first-order valence-corrected chi connectivity index (χ1v) is 4.12. The van der Waals surface area contributed by atoms with Crippen LogP contribution in [0.25, 0.3) is 11.3 Å². The van der Waals surface area contributed by atoms with Crippen LogP contribution in [0.15, 0.2) is 35.1 Å². The Labute approximate surface area is 84.5 Å². The molecule has 0 spiro atoms. The van der Waals surface area contributed by atoms with Gasteiger partial charge >= 0.3 is 0 Å². The average Bonchev–Trinajstić information content (AvgIpc) is 2.69. The second kappa shape index (κ2) is 3.41. The quantitative estimate of drug-likeness (QED) is 0.596. The summed E-state index contributed by atoms with van der Waals surface area (Å²) in [6.45, 7) is 0. The van der Waals surface area contributed by atoms with Gasteiger partial charge in [0.15, 0.2) is 5.69 Å². The van der Waals surface area contributed by atoms with Crippen molar-refractivity contribution in [1.29, 1.82) is 0 Å². The lowest BCUT2D eigenvalue weighted by Gasteiger charge is -1.99. The molecular formula is C9H7N3O3. The molecular weight excluding hydrogens is 198 g/mol. The summed E-state index contributed by atoms with van der Waals surface area (Å²) in [6.07, 6.45) is 2.80. The van der Waals surface area contributed by atoms with Crippen molar-refractivity contribution in [3.8, 4) is 11.3 Å². The molecule has 2 aromatic rings. The lowest BCUT2D eigenvalue weighted by molar-refractivity contribution is -0.384. The molecule has 76 valence electrons. The summed E-state index contributed by atoms with van der Waals surface area (Å²) in [6, 6.07) is 4.31. The van der Waals surface area contributed by atoms with Crippen LogP contribution < -0.4 is 5.73 Å². The van der Waals surface area contributed by atoms with Gasteiger partial charge in [-0.2, -0.15) is 0 Å². The minimum absolute atomic E-state index is 0.0920. The van der Waals surface area contributed by atoms with Crippen LogP contribution in [-0.2, 0) is 0 Å². The van der Waals surface area contributed by atoms with Crippen LogP contribution in [0.2, 0.25) is 0 Å². The second-order valence-corrected chi connectivity index (χ2v) is 2.87. The van der Waals surface area contributed by atoms with Crippen LogP contribution in [0, 0.1) is 10.1 Å². The van der Waals surface area contributed by atoms with Crippen LogP contribution in [-0.4, -0.2) is 9.91 Å². The van der Waals surface area contributed by atoms with E-state index in [1.54, 1.807) is 6.07 Å². The predicted octanol–water partition coefficient (Wildman–Crippen LogP) is 1.83. The largest absolute Gasteiger partial charge is 0.472 e. The van der Waals surface area contributed by atoms with Crippen molar-refractivity contribution in [3.63, 3.8) is 0 Å². The third kappa shape index (κ3) is 1.64. The molecule has 0 saturated heterocycles. The molecule has 0 unspecified atom stereocenters. The van der Waals surface area contributed by atoms with Crippen LogP contribution in [0.1, 0.15) is 0 Å². The summed E-state index contributed by atoms with van der Waals surface area (Å²) in [7, 11) is 0. The molecule has 6 heteroatoms. The SMILES string of the molecule is Nc1ccc([N+](=O)[O-])c(-c2ccoc2)n1. The van der Waals surface area contributed by atoms with E-state index in [-0.39, 0.29) is 17.2 Å². The molecule has 0 aliphatic heterocycles. The predicted molar refractivity (Wildman–Crippen MR) is 53.0 cm³/mol. The first kappa shape index (κ1) is 9.20. The van der Waals surface area contributed by atoms with Crippen molar-refractivity contribution < 1.29 is 9.34 Å². The lowest BCUT2D eigenvalue weighted by atomic mass is 10.2. The van der Waals surface area contributed by atoms with Crippen molar-refractivity contribution in [2.45, 2.75) is 0 Å². The molecule has 0 amide bonds. The van der Waals surface area contributed by atoms with Crippen LogP contribution in [0.4, 0.5) is 11.5 Å². The molecule has 0 bridgehead atoms. The molecule has 0 fully saturated rings. The summed E-state index contributed by atoms with van der Waals surface area (Å²) in [5.41, 5.74) is 6.13. The number of nitrogens with zero attached hydrogens (tertiary/aromatic N) is 2. The van der Waals surface area contributed by atoms with Gasteiger partial charge in [0.05, 0.1) is 17.4 Å². The maximum absolute atomic E-state index is 10.7. The maximum Gasteiger partial charge on any atom is 0.295 e. The average molecular weight is 205 g/mol. The van der Waals surface area contributed by atoms with Crippen molar-refractivity contribution in [3.05, 3.63) is 40.8 Å². The van der Waals surface area contributed by atoms with E-state index in [0.717, 1.165) is 0 Å². The molecule has 2 aromatic heterocycles. The Morgan fingerprint density at radius 2 is 2.20 bits per heavy atom. The van der Waals surface area contributed by atoms with E-state index in [4.69, 9.17) is 10.2 Å². The van der Waals surface area contributed by atoms with E-state index in [1.807, 2.05) is 0 Å². The first-order chi connectivity index (χ1) is 7.18. The molecule has 0 radical (unpaired) electrons. The normalized spacial score (nSPS) is 10.1. The molecule has 2 rings (SSSR count). The summed E-state index contributed by atoms with van der Waals surface area (Å²) in [5, 5.41) is 10.7. The summed E-state index contributed by atoms with van der Waals surface area (Å²) in [5.74, 6) is 0.233. The Morgan fingerprint density at radius 3 is 2.80 bits per heavy atom. The van der Waals surface area contributed by atoms with Gasteiger partial charge in [-0.1, -0.05) is 0 Å². The van der Waals surface area contributed by atoms with E-state index in [2.05, 4.69) is 4.98 Å². The first-order valence-electron chi connectivity index (χ1n) is 4.12. The van der Waals surface area contributed by atoms with Crippen molar-refractivity contribution >= 4 is 11.5 Å². The number of nitro groups is 1. The zero-order valence-corrected chi connectivity index (χ0v) is 7.58. The van der Waals surface area contributed by atoms with Crippen molar-refractivity contribution in [2.75, 3.05) is 5.73 Å². The smallest absolute Gasteiger partial charge is 0.295 e. The Bertz CT molecular complexity index is 493. The van der Waals surface area contributed by atoms with Gasteiger partial charge in [0.25, 0.3) is 5.69 Å². The standard InChI is InChI=1S/C9H7N3O3/c10-8-2-1-7(12(13)14)9(11-8)6-3-4-15-5-6/h1-5H,(H2,10,11). The van der Waals surface area contributed by atoms with Gasteiger partial charge in [-0.3, -0.25) is 10.1 Å². The monoisotopic (exact) mass is 205 g/mol. The molecule has 0 aromatic carbocycles. The molecule has 2 N–H and O–H groups in total. The highest BCUT2D eigenvalue weighted by Crippen LogP contribution is 2.28. The molecule has 2 heterocycles. The summed E-state index contributed by atoms with van der Waals surface area (Å²) in [4.78, 5) is 14.1. The van der Waals surface area contributed by atoms with Gasteiger partial charge in [0, 0.05) is 11.6 Å².